The van der Waals surface area contributed by atoms with Crippen LogP contribution in [-0.4, -0.2) is 34.0 Å². The number of aliphatic hydroxyl groups is 2. The third-order valence-electron chi connectivity index (χ3n) is 8.72. The van der Waals surface area contributed by atoms with E-state index in [9.17, 15) is 19.8 Å². The predicted molar refractivity (Wildman–Crippen MR) is 93.8 cm³/mol. The average Bonchev–Trinajstić information content (AvgIpc) is 2.87. The molecule has 0 aromatic rings. The Bertz CT molecular complexity index is 652. The molecule has 4 heteroatoms. The van der Waals surface area contributed by atoms with Crippen LogP contribution in [-0.2, 0) is 9.59 Å². The Hall–Kier alpha value is -1.00. The van der Waals surface area contributed by atoms with Crippen molar-refractivity contribution < 1.29 is 19.8 Å². The normalized spacial score (nSPS) is 49.0. The van der Waals surface area contributed by atoms with Gasteiger partial charge in [-0.15, -0.1) is 0 Å². The van der Waals surface area contributed by atoms with Crippen LogP contribution in [0.4, 0.5) is 0 Å². The third-order valence-corrected chi connectivity index (χ3v) is 8.72. The van der Waals surface area contributed by atoms with Gasteiger partial charge in [0.25, 0.3) is 0 Å². The molecule has 2 N–H and O–H groups in total. The van der Waals surface area contributed by atoms with Gasteiger partial charge in [0, 0.05) is 11.8 Å². The minimum atomic E-state index is -1.36. The van der Waals surface area contributed by atoms with Crippen LogP contribution in [0.5, 0.6) is 0 Å². The highest BCUT2D eigenvalue weighted by molar-refractivity contribution is 5.91. The third kappa shape index (κ3) is 2.13. The zero-order valence-electron chi connectivity index (χ0n) is 15.4. The van der Waals surface area contributed by atoms with Gasteiger partial charge in [-0.05, 0) is 74.2 Å². The van der Waals surface area contributed by atoms with E-state index in [4.69, 9.17) is 0 Å². The van der Waals surface area contributed by atoms with Crippen LogP contribution in [0.1, 0.15) is 65.2 Å². The van der Waals surface area contributed by atoms with Gasteiger partial charge in [-0.25, -0.2) is 0 Å². The first kappa shape index (κ1) is 17.4. The second-order valence-electron chi connectivity index (χ2n) is 9.41. The summed E-state index contributed by atoms with van der Waals surface area (Å²) in [4.78, 5) is 24.2. The first-order valence-electron chi connectivity index (χ1n) is 9.87. The van der Waals surface area contributed by atoms with E-state index in [2.05, 4.69) is 13.8 Å². The van der Waals surface area contributed by atoms with Crippen molar-refractivity contribution in [1.82, 2.24) is 0 Å². The summed E-state index contributed by atoms with van der Waals surface area (Å²) >= 11 is 0. The highest BCUT2D eigenvalue weighted by Crippen LogP contribution is 2.67. The molecule has 4 rings (SSSR count). The molecule has 0 aliphatic heterocycles. The van der Waals surface area contributed by atoms with E-state index in [1.165, 1.54) is 5.57 Å². The summed E-state index contributed by atoms with van der Waals surface area (Å²) in [5, 5.41) is 20.5. The lowest BCUT2D eigenvalue weighted by Crippen LogP contribution is -2.58. The summed E-state index contributed by atoms with van der Waals surface area (Å²) in [6, 6.07) is 0. The Labute approximate surface area is 149 Å². The number of rotatable bonds is 2. The lowest BCUT2D eigenvalue weighted by Gasteiger charge is -2.58. The summed E-state index contributed by atoms with van der Waals surface area (Å²) in [6.45, 7) is 3.84. The van der Waals surface area contributed by atoms with Crippen molar-refractivity contribution in [3.63, 3.8) is 0 Å². The van der Waals surface area contributed by atoms with Crippen molar-refractivity contribution in [2.75, 3.05) is 6.61 Å². The Kier molecular flexibility index (Phi) is 3.83. The lowest BCUT2D eigenvalue weighted by molar-refractivity contribution is -0.164. The van der Waals surface area contributed by atoms with Gasteiger partial charge >= 0.3 is 0 Å². The van der Waals surface area contributed by atoms with E-state index in [0.717, 1.165) is 38.5 Å². The average molecular weight is 346 g/mol. The largest absolute Gasteiger partial charge is 0.388 e. The number of carbonyl (C=O) groups excluding carboxylic acids is 2. The molecule has 4 aliphatic rings. The number of carbonyl (C=O) groups is 2. The van der Waals surface area contributed by atoms with E-state index in [1.807, 2.05) is 6.08 Å². The summed E-state index contributed by atoms with van der Waals surface area (Å²) in [5.74, 6) is 1.26. The molecule has 0 unspecified atom stereocenters. The van der Waals surface area contributed by atoms with E-state index < -0.39 is 23.4 Å². The monoisotopic (exact) mass is 346 g/mol. The Morgan fingerprint density at radius 3 is 2.56 bits per heavy atom. The number of allylic oxidation sites excluding steroid dienone is 1. The molecule has 3 fully saturated rings. The first-order valence-corrected chi connectivity index (χ1v) is 9.87. The molecule has 0 aromatic heterocycles. The topological polar surface area (TPSA) is 74.6 Å². The van der Waals surface area contributed by atoms with E-state index in [1.54, 1.807) is 0 Å². The Morgan fingerprint density at radius 2 is 1.84 bits per heavy atom. The number of hydrogen-bond donors (Lipinski definition) is 2. The number of fused-ring (bicyclic) bond motifs is 5. The molecule has 25 heavy (non-hydrogen) atoms. The van der Waals surface area contributed by atoms with Crippen molar-refractivity contribution in [3.8, 4) is 0 Å². The van der Waals surface area contributed by atoms with Crippen LogP contribution in [0.3, 0.4) is 0 Å². The summed E-state index contributed by atoms with van der Waals surface area (Å²) < 4.78 is 0. The van der Waals surface area contributed by atoms with Crippen molar-refractivity contribution >= 4 is 11.6 Å². The molecule has 3 saturated carbocycles. The van der Waals surface area contributed by atoms with Gasteiger partial charge in [0.1, 0.15) is 12.2 Å². The quantitative estimate of drug-likeness (QED) is 0.806. The van der Waals surface area contributed by atoms with Crippen molar-refractivity contribution in [2.24, 2.45) is 28.6 Å². The molecular formula is C21H30O4. The zero-order chi connectivity index (χ0) is 18.0. The summed E-state index contributed by atoms with van der Waals surface area (Å²) in [7, 11) is 0. The maximum atomic E-state index is 12.3. The van der Waals surface area contributed by atoms with Crippen LogP contribution in [0.25, 0.3) is 0 Å². The highest BCUT2D eigenvalue weighted by atomic mass is 16.3. The van der Waals surface area contributed by atoms with E-state index in [-0.39, 0.29) is 11.2 Å². The molecule has 0 amide bonds. The minimum Gasteiger partial charge on any atom is -0.388 e. The number of Topliss-reactive ketones (excluding diaryl/α,β-unsaturated/α-hetero) is 1. The first-order chi connectivity index (χ1) is 11.8. The van der Waals surface area contributed by atoms with Crippen LogP contribution >= 0.6 is 0 Å². The fourth-order valence-corrected chi connectivity index (χ4v) is 7.16. The molecule has 0 aromatic carbocycles. The molecule has 4 aliphatic carbocycles. The molecule has 0 saturated heterocycles. The van der Waals surface area contributed by atoms with Crippen LogP contribution in [0.2, 0.25) is 0 Å². The van der Waals surface area contributed by atoms with Crippen LogP contribution in [0.15, 0.2) is 11.6 Å². The maximum absolute atomic E-state index is 12.3. The molecule has 4 nitrogen and oxygen atoms in total. The second-order valence-corrected chi connectivity index (χ2v) is 9.41. The standard InChI is InChI=1S/C21H30O4/c1-19-8-5-14(23)11-13(19)3-4-15-16(19)6-9-20(2)17(15)7-10-21(20,25)18(24)12-22/h11,15-17,22,25H,3-10,12H2,1-2H3/t15-,16+,17+,19-,20+,21+/m0/s1. The van der Waals surface area contributed by atoms with Crippen molar-refractivity contribution in [1.29, 1.82) is 0 Å². The van der Waals surface area contributed by atoms with Crippen LogP contribution in [0, 0.1) is 28.6 Å². The van der Waals surface area contributed by atoms with E-state index in [0.29, 0.717) is 30.6 Å². The van der Waals surface area contributed by atoms with Crippen molar-refractivity contribution in [3.05, 3.63) is 11.6 Å². The van der Waals surface area contributed by atoms with Crippen LogP contribution < -0.4 is 0 Å². The smallest absolute Gasteiger partial charge is 0.190 e. The van der Waals surface area contributed by atoms with Gasteiger partial charge in [-0.2, -0.15) is 0 Å². The number of hydrogen-bond acceptors (Lipinski definition) is 4. The molecule has 0 radical (unpaired) electrons. The molecular weight excluding hydrogens is 316 g/mol. The second kappa shape index (κ2) is 5.50. The summed E-state index contributed by atoms with van der Waals surface area (Å²) in [6.07, 6.45) is 8.72. The number of aliphatic hydroxyl groups excluding tert-OH is 1. The van der Waals surface area contributed by atoms with Gasteiger partial charge in [0.15, 0.2) is 11.6 Å². The SMILES string of the molecule is C[C@]12CCC(=O)C=C1CC[C@H]1[C@H]2CC[C@]2(C)[C@@H]1CC[C@@]2(O)C(=O)CO. The Morgan fingerprint density at radius 1 is 1.12 bits per heavy atom. The molecule has 138 valence electrons. The van der Waals surface area contributed by atoms with E-state index >= 15 is 0 Å². The molecule has 6 atom stereocenters. The van der Waals surface area contributed by atoms with Crippen molar-refractivity contribution in [2.45, 2.75) is 70.8 Å². The van der Waals surface area contributed by atoms with Gasteiger partial charge in [0.05, 0.1) is 0 Å². The lowest BCUT2D eigenvalue weighted by atomic mass is 9.46. The number of ketones is 2. The molecule has 0 heterocycles. The highest BCUT2D eigenvalue weighted by Gasteiger charge is 2.65. The fraction of sp³-hybridized carbons (Fsp3) is 0.810. The predicted octanol–water partition coefficient (Wildman–Crippen LogP) is 2.81. The zero-order valence-corrected chi connectivity index (χ0v) is 15.4. The van der Waals surface area contributed by atoms with Gasteiger partial charge < -0.3 is 10.2 Å². The van der Waals surface area contributed by atoms with Gasteiger partial charge in [-0.1, -0.05) is 19.4 Å². The Balaban J connectivity index is 1.68. The summed E-state index contributed by atoms with van der Waals surface area (Å²) in [5.41, 5.74) is -0.333. The maximum Gasteiger partial charge on any atom is 0.190 e. The fourth-order valence-electron chi connectivity index (χ4n) is 7.16. The minimum absolute atomic E-state index is 0.111. The molecule has 0 spiro atoms. The van der Waals surface area contributed by atoms with Gasteiger partial charge in [0.2, 0.25) is 0 Å². The molecule has 0 bridgehead atoms. The van der Waals surface area contributed by atoms with Gasteiger partial charge in [-0.3, -0.25) is 9.59 Å².